The summed E-state index contributed by atoms with van der Waals surface area (Å²) in [7, 11) is 0. The highest BCUT2D eigenvalue weighted by Gasteiger charge is 2.17. The maximum absolute atomic E-state index is 5.64. The van der Waals surface area contributed by atoms with Crippen molar-refractivity contribution in [3.63, 3.8) is 0 Å². The maximum atomic E-state index is 5.64. The van der Waals surface area contributed by atoms with Crippen LogP contribution in [0.15, 0.2) is 24.3 Å². The molecular formula is C7H6ClNO. The van der Waals surface area contributed by atoms with E-state index < -0.39 is 5.69 Å². The fraction of sp³-hybridized carbons (Fsp3) is 0.143. The lowest BCUT2D eigenvalue weighted by molar-refractivity contribution is 0.334. The Hall–Kier alpha value is -0.890. The third-order valence-corrected chi connectivity index (χ3v) is 1.58. The first-order valence-electron chi connectivity index (χ1n) is 3.02. The third-order valence-electron chi connectivity index (χ3n) is 1.39. The Balaban J connectivity index is 2.42. The minimum Gasteiger partial charge on any atom is -0.455 e. The number of nitrogens with one attached hydrogen (secondary N) is 1. The van der Waals surface area contributed by atoms with Gasteiger partial charge in [0.1, 0.15) is 5.75 Å². The summed E-state index contributed by atoms with van der Waals surface area (Å²) in [6.45, 7) is 0. The van der Waals surface area contributed by atoms with E-state index in [9.17, 15) is 0 Å². The highest BCUT2D eigenvalue weighted by atomic mass is 35.5. The fourth-order valence-electron chi connectivity index (χ4n) is 0.952. The lowest BCUT2D eigenvalue weighted by Crippen LogP contribution is -2.10. The predicted molar refractivity (Wildman–Crippen MR) is 40.3 cm³/mol. The van der Waals surface area contributed by atoms with Gasteiger partial charge < -0.3 is 10.1 Å². The molecule has 1 aromatic carbocycles. The molecule has 10 heavy (non-hydrogen) atoms. The smallest absolute Gasteiger partial charge is 0.248 e. The number of hydrogen-bond acceptors (Lipinski definition) is 2. The summed E-state index contributed by atoms with van der Waals surface area (Å²) in [6, 6.07) is 7.65. The van der Waals surface area contributed by atoms with Gasteiger partial charge in [-0.25, -0.2) is 0 Å². The van der Waals surface area contributed by atoms with E-state index in [0.29, 0.717) is 0 Å². The second-order valence-corrected chi connectivity index (χ2v) is 2.47. The molecule has 1 aliphatic rings. The van der Waals surface area contributed by atoms with Gasteiger partial charge in [0.2, 0.25) is 5.69 Å². The molecule has 0 amide bonds. The number of hydrogen-bond donors (Lipinski definition) is 1. The summed E-state index contributed by atoms with van der Waals surface area (Å²) in [6.07, 6.45) is 0. The van der Waals surface area contributed by atoms with Crippen molar-refractivity contribution in [3.05, 3.63) is 24.3 Å². The molecule has 1 aromatic rings. The van der Waals surface area contributed by atoms with Crippen molar-refractivity contribution >= 4 is 17.3 Å². The molecule has 1 heterocycles. The molecule has 0 radical (unpaired) electrons. The zero-order valence-corrected chi connectivity index (χ0v) is 5.93. The van der Waals surface area contributed by atoms with Gasteiger partial charge >= 0.3 is 0 Å². The van der Waals surface area contributed by atoms with Crippen LogP contribution in [-0.4, -0.2) is 5.69 Å². The number of rotatable bonds is 0. The molecule has 0 saturated carbocycles. The molecular weight excluding hydrogens is 150 g/mol. The molecule has 1 atom stereocenters. The van der Waals surface area contributed by atoms with Gasteiger partial charge in [0.05, 0.1) is 5.69 Å². The summed E-state index contributed by atoms with van der Waals surface area (Å²) in [5.41, 5.74) is 0.555. The largest absolute Gasteiger partial charge is 0.455 e. The van der Waals surface area contributed by atoms with E-state index in [1.807, 2.05) is 24.3 Å². The summed E-state index contributed by atoms with van der Waals surface area (Å²) >= 11 is 5.64. The van der Waals surface area contributed by atoms with Gasteiger partial charge in [0.25, 0.3) is 0 Å². The second kappa shape index (κ2) is 2.06. The Bertz CT molecular complexity index is 226. The van der Waals surface area contributed by atoms with Crippen molar-refractivity contribution < 1.29 is 4.74 Å². The summed E-state index contributed by atoms with van der Waals surface area (Å²) in [5.74, 6) is 0.822. The molecule has 52 valence electrons. The van der Waals surface area contributed by atoms with E-state index in [0.717, 1.165) is 11.4 Å². The predicted octanol–water partition coefficient (Wildman–Crippen LogP) is 2.01. The summed E-state index contributed by atoms with van der Waals surface area (Å²) in [4.78, 5) is 0. The van der Waals surface area contributed by atoms with Crippen LogP contribution in [0.2, 0.25) is 0 Å². The molecule has 0 bridgehead atoms. The number of anilines is 1. The minimum absolute atomic E-state index is 0.405. The lowest BCUT2D eigenvalue weighted by Gasteiger charge is -1.97. The minimum atomic E-state index is -0.405. The van der Waals surface area contributed by atoms with E-state index in [1.54, 1.807) is 0 Å². The van der Waals surface area contributed by atoms with Crippen molar-refractivity contribution in [2.75, 3.05) is 5.32 Å². The van der Waals surface area contributed by atoms with Crippen LogP contribution in [0.3, 0.4) is 0 Å². The van der Waals surface area contributed by atoms with Gasteiger partial charge in [-0.15, -0.1) is 0 Å². The first kappa shape index (κ1) is 5.86. The first-order valence-corrected chi connectivity index (χ1v) is 3.46. The molecule has 1 N–H and O–H groups in total. The molecule has 0 saturated heterocycles. The Morgan fingerprint density at radius 2 is 2.20 bits per heavy atom. The van der Waals surface area contributed by atoms with Crippen LogP contribution in [0.5, 0.6) is 5.75 Å². The van der Waals surface area contributed by atoms with E-state index in [2.05, 4.69) is 5.32 Å². The monoisotopic (exact) mass is 155 g/mol. The molecule has 0 aliphatic carbocycles. The Kier molecular flexibility index (Phi) is 1.21. The molecule has 2 nitrogen and oxygen atoms in total. The number of benzene rings is 1. The molecule has 3 heteroatoms. The molecule has 2 rings (SSSR count). The van der Waals surface area contributed by atoms with Crippen LogP contribution < -0.4 is 10.1 Å². The first-order chi connectivity index (χ1) is 4.86. The topological polar surface area (TPSA) is 21.3 Å². The Morgan fingerprint density at radius 3 is 3.00 bits per heavy atom. The zero-order chi connectivity index (χ0) is 6.97. The lowest BCUT2D eigenvalue weighted by atomic mass is 10.3. The number of alkyl halides is 1. The van der Waals surface area contributed by atoms with E-state index in [-0.39, 0.29) is 0 Å². The van der Waals surface area contributed by atoms with Gasteiger partial charge in [-0.05, 0) is 12.1 Å². The van der Waals surface area contributed by atoms with Crippen LogP contribution in [-0.2, 0) is 0 Å². The maximum Gasteiger partial charge on any atom is 0.248 e. The molecule has 0 aromatic heterocycles. The zero-order valence-electron chi connectivity index (χ0n) is 5.17. The summed E-state index contributed by atoms with van der Waals surface area (Å²) in [5, 5.41) is 2.94. The van der Waals surface area contributed by atoms with Gasteiger partial charge in [-0.1, -0.05) is 23.7 Å². The fourth-order valence-corrected chi connectivity index (χ4v) is 1.17. The van der Waals surface area contributed by atoms with Gasteiger partial charge in [-0.3, -0.25) is 0 Å². The normalized spacial score (nSPS) is 21.1. The molecule has 1 aliphatic heterocycles. The number of para-hydroxylation sites is 2. The molecule has 0 fully saturated rings. The number of halogens is 1. The SMILES string of the molecule is ClC1Nc2ccccc2O1. The van der Waals surface area contributed by atoms with Crippen LogP contribution in [0.4, 0.5) is 5.69 Å². The van der Waals surface area contributed by atoms with Crippen LogP contribution in [0.1, 0.15) is 0 Å². The molecule has 1 unspecified atom stereocenters. The second-order valence-electron chi connectivity index (χ2n) is 2.07. The highest BCUT2D eigenvalue weighted by molar-refractivity contribution is 6.21. The highest BCUT2D eigenvalue weighted by Crippen LogP contribution is 2.31. The third kappa shape index (κ3) is 0.809. The summed E-state index contributed by atoms with van der Waals surface area (Å²) < 4.78 is 5.16. The van der Waals surface area contributed by atoms with Gasteiger partial charge in [0, 0.05) is 0 Å². The van der Waals surface area contributed by atoms with Crippen LogP contribution >= 0.6 is 11.6 Å². The van der Waals surface area contributed by atoms with Gasteiger partial charge in [0.15, 0.2) is 0 Å². The van der Waals surface area contributed by atoms with Crippen LogP contribution in [0.25, 0.3) is 0 Å². The van der Waals surface area contributed by atoms with E-state index >= 15 is 0 Å². The quantitative estimate of drug-likeness (QED) is 0.457. The number of ether oxygens (including phenoxy) is 1. The van der Waals surface area contributed by atoms with Crippen molar-refractivity contribution in [1.29, 1.82) is 0 Å². The van der Waals surface area contributed by atoms with Crippen molar-refractivity contribution in [2.45, 2.75) is 5.69 Å². The molecule has 0 spiro atoms. The van der Waals surface area contributed by atoms with Crippen molar-refractivity contribution in [3.8, 4) is 5.75 Å². The van der Waals surface area contributed by atoms with E-state index in [4.69, 9.17) is 16.3 Å². The standard InChI is InChI=1S/C7H6ClNO/c8-7-9-5-3-1-2-4-6(5)10-7/h1-4,7,9H. The average Bonchev–Trinajstić information content (AvgIpc) is 2.27. The average molecular weight is 156 g/mol. The van der Waals surface area contributed by atoms with E-state index in [1.165, 1.54) is 0 Å². The van der Waals surface area contributed by atoms with Gasteiger partial charge in [-0.2, -0.15) is 0 Å². The Labute approximate surface area is 63.8 Å². The van der Waals surface area contributed by atoms with Crippen LogP contribution in [0, 0.1) is 0 Å². The van der Waals surface area contributed by atoms with Crippen molar-refractivity contribution in [2.24, 2.45) is 0 Å². The Morgan fingerprint density at radius 1 is 1.40 bits per heavy atom. The number of fused-ring (bicyclic) bond motifs is 1. The van der Waals surface area contributed by atoms with Crippen molar-refractivity contribution in [1.82, 2.24) is 0 Å².